The molecule has 4 fully saturated rings. The first-order valence-corrected chi connectivity index (χ1v) is 16.9. The van der Waals surface area contributed by atoms with E-state index >= 15 is 0 Å². The van der Waals surface area contributed by atoms with Gasteiger partial charge in [0.25, 0.3) is 5.89 Å². The summed E-state index contributed by atoms with van der Waals surface area (Å²) in [6.07, 6.45) is 9.54. The van der Waals surface area contributed by atoms with E-state index < -0.39 is 16.9 Å². The standard InChI is InChI=1S/C37H49FN4O4/c1-33(2,38)31-40-30(41-46-31)36-19-16-35(17-20-36,18-21-36)25-42(32(43)39-23-22-37(45)14-5-6-15-37)29-9-7-8-27(24-29)26-10-12-28(13-11-26)34(3,4)44/h7-13,24,44-45H,5-6,14-23,25H2,1-4H3,(H,39,43). The predicted octanol–water partition coefficient (Wildman–Crippen LogP) is 7.67. The van der Waals surface area contributed by atoms with E-state index in [0.717, 1.165) is 86.6 Å². The monoisotopic (exact) mass is 632 g/mol. The fourth-order valence-electron chi connectivity index (χ4n) is 7.84. The van der Waals surface area contributed by atoms with E-state index in [2.05, 4.69) is 21.5 Å². The number of nitrogens with zero attached hydrogens (tertiary/aromatic N) is 3. The minimum absolute atomic E-state index is 0.0268. The lowest BCUT2D eigenvalue weighted by molar-refractivity contribution is 0.0384. The van der Waals surface area contributed by atoms with Crippen molar-refractivity contribution in [3.63, 3.8) is 0 Å². The number of benzene rings is 2. The number of fused-ring (bicyclic) bond motifs is 3. The Balaban J connectivity index is 1.22. The molecule has 2 aromatic carbocycles. The van der Waals surface area contributed by atoms with Gasteiger partial charge in [-0.1, -0.05) is 54.4 Å². The first-order chi connectivity index (χ1) is 21.7. The van der Waals surface area contributed by atoms with E-state index in [0.29, 0.717) is 25.3 Å². The number of aromatic nitrogens is 2. The molecule has 0 saturated heterocycles. The van der Waals surface area contributed by atoms with Gasteiger partial charge < -0.3 is 20.1 Å². The SMILES string of the molecule is CC(C)(O)c1ccc(-c2cccc(N(CC34CCC(c5noc(C(C)(C)F)n5)(CC3)CC4)C(=O)NCCC3(O)CCCC3)c2)cc1. The number of nitrogens with one attached hydrogen (secondary N) is 1. The van der Waals surface area contributed by atoms with Crippen LogP contribution in [0.15, 0.2) is 53.1 Å². The van der Waals surface area contributed by atoms with Gasteiger partial charge in [0, 0.05) is 24.2 Å². The van der Waals surface area contributed by atoms with E-state index in [1.54, 1.807) is 13.8 Å². The van der Waals surface area contributed by atoms with Crippen LogP contribution in [-0.4, -0.2) is 45.1 Å². The molecule has 0 radical (unpaired) electrons. The maximum Gasteiger partial charge on any atom is 0.321 e. The van der Waals surface area contributed by atoms with E-state index in [1.165, 1.54) is 13.8 Å². The zero-order chi connectivity index (χ0) is 32.8. The Hall–Kier alpha value is -3.30. The highest BCUT2D eigenvalue weighted by Crippen LogP contribution is 2.57. The molecule has 8 nitrogen and oxygen atoms in total. The van der Waals surface area contributed by atoms with Crippen molar-refractivity contribution in [3.8, 4) is 11.1 Å². The van der Waals surface area contributed by atoms with Crippen LogP contribution in [0, 0.1) is 5.41 Å². The van der Waals surface area contributed by atoms with Crippen LogP contribution in [0.5, 0.6) is 0 Å². The fourth-order valence-corrected chi connectivity index (χ4v) is 7.84. The van der Waals surface area contributed by atoms with Crippen molar-refractivity contribution in [2.75, 3.05) is 18.0 Å². The largest absolute Gasteiger partial charge is 0.390 e. The van der Waals surface area contributed by atoms with Crippen LogP contribution in [0.4, 0.5) is 14.9 Å². The molecule has 46 heavy (non-hydrogen) atoms. The molecule has 3 aromatic rings. The zero-order valence-electron chi connectivity index (χ0n) is 27.7. The van der Waals surface area contributed by atoms with Crippen molar-refractivity contribution in [3.05, 3.63) is 65.8 Å². The molecule has 9 heteroatoms. The lowest BCUT2D eigenvalue weighted by Gasteiger charge is -2.53. The molecule has 2 amide bonds. The smallest absolute Gasteiger partial charge is 0.321 e. The first-order valence-electron chi connectivity index (χ1n) is 16.9. The second-order valence-electron chi connectivity index (χ2n) is 15.4. The maximum absolute atomic E-state index is 14.5. The van der Waals surface area contributed by atoms with Gasteiger partial charge in [-0.2, -0.15) is 4.98 Å². The number of carbonyl (C=O) groups excluding carboxylic acids is 1. The van der Waals surface area contributed by atoms with Gasteiger partial charge in [-0.05, 0) is 120 Å². The summed E-state index contributed by atoms with van der Waals surface area (Å²) >= 11 is 0. The number of urea groups is 1. The van der Waals surface area contributed by atoms with Crippen molar-refractivity contribution in [2.24, 2.45) is 5.41 Å². The number of hydrogen-bond acceptors (Lipinski definition) is 6. The number of hydrogen-bond donors (Lipinski definition) is 3. The molecule has 2 bridgehead atoms. The molecule has 3 N–H and O–H groups in total. The number of rotatable bonds is 10. The van der Waals surface area contributed by atoms with Crippen molar-refractivity contribution < 1.29 is 23.9 Å². The third-order valence-corrected chi connectivity index (χ3v) is 11.0. The zero-order valence-corrected chi connectivity index (χ0v) is 27.7. The Morgan fingerprint density at radius 1 is 0.957 bits per heavy atom. The van der Waals surface area contributed by atoms with Gasteiger partial charge in [0.1, 0.15) is 0 Å². The van der Waals surface area contributed by atoms with E-state index in [9.17, 15) is 19.4 Å². The average molecular weight is 633 g/mol. The molecule has 0 spiro atoms. The first kappa shape index (κ1) is 32.6. The van der Waals surface area contributed by atoms with Gasteiger partial charge in [0.15, 0.2) is 11.5 Å². The summed E-state index contributed by atoms with van der Waals surface area (Å²) < 4.78 is 19.8. The van der Waals surface area contributed by atoms with Crippen molar-refractivity contribution in [2.45, 2.75) is 121 Å². The van der Waals surface area contributed by atoms with Gasteiger partial charge >= 0.3 is 6.03 Å². The predicted molar refractivity (Wildman–Crippen MR) is 176 cm³/mol. The fraction of sp³-hybridized carbons (Fsp3) is 0.595. The van der Waals surface area contributed by atoms with Crippen LogP contribution in [0.2, 0.25) is 0 Å². The van der Waals surface area contributed by atoms with Crippen LogP contribution in [0.1, 0.15) is 116 Å². The minimum atomic E-state index is -1.68. The van der Waals surface area contributed by atoms with Crippen LogP contribution in [0.25, 0.3) is 11.1 Å². The molecule has 4 aliphatic rings. The molecule has 0 atom stereocenters. The number of aliphatic hydroxyl groups is 2. The Labute approximate surface area is 271 Å². The number of anilines is 1. The van der Waals surface area contributed by atoms with Crippen molar-refractivity contribution in [1.29, 1.82) is 0 Å². The van der Waals surface area contributed by atoms with Crippen LogP contribution in [0.3, 0.4) is 0 Å². The summed E-state index contributed by atoms with van der Waals surface area (Å²) in [7, 11) is 0. The molecule has 4 aliphatic carbocycles. The third-order valence-electron chi connectivity index (χ3n) is 11.0. The number of alkyl halides is 1. The third kappa shape index (κ3) is 6.72. The molecular weight excluding hydrogens is 583 g/mol. The second-order valence-corrected chi connectivity index (χ2v) is 15.4. The van der Waals surface area contributed by atoms with Crippen molar-refractivity contribution >= 4 is 11.7 Å². The molecule has 1 heterocycles. The average Bonchev–Trinajstić information content (AvgIpc) is 3.71. The second kappa shape index (κ2) is 12.1. The molecule has 0 unspecified atom stereocenters. The molecule has 7 rings (SSSR count). The van der Waals surface area contributed by atoms with Crippen LogP contribution >= 0.6 is 0 Å². The summed E-state index contributed by atoms with van der Waals surface area (Å²) in [6.45, 7) is 7.41. The van der Waals surface area contributed by atoms with E-state index in [4.69, 9.17) is 4.52 Å². The Morgan fingerprint density at radius 2 is 1.61 bits per heavy atom. The maximum atomic E-state index is 14.5. The van der Waals surface area contributed by atoms with Gasteiger partial charge in [-0.25, -0.2) is 9.18 Å². The Bertz CT molecular complexity index is 1510. The highest BCUT2D eigenvalue weighted by atomic mass is 19.1. The number of carbonyl (C=O) groups is 1. The molecular formula is C37H49FN4O4. The summed E-state index contributed by atoms with van der Waals surface area (Å²) in [6, 6.07) is 15.8. The van der Waals surface area contributed by atoms with Crippen LogP contribution in [-0.2, 0) is 16.7 Å². The molecule has 248 valence electrons. The lowest BCUT2D eigenvalue weighted by atomic mass is 9.53. The quantitative estimate of drug-likeness (QED) is 0.212. The van der Waals surface area contributed by atoms with Gasteiger partial charge in [-0.3, -0.25) is 4.90 Å². The van der Waals surface area contributed by atoms with Gasteiger partial charge in [-0.15, -0.1) is 0 Å². The van der Waals surface area contributed by atoms with Gasteiger partial charge in [0.05, 0.1) is 11.2 Å². The highest BCUT2D eigenvalue weighted by molar-refractivity contribution is 5.93. The van der Waals surface area contributed by atoms with E-state index in [-0.39, 0.29) is 22.8 Å². The van der Waals surface area contributed by atoms with Crippen LogP contribution < -0.4 is 10.2 Å². The number of halogens is 1. The topological polar surface area (TPSA) is 112 Å². The minimum Gasteiger partial charge on any atom is -0.390 e. The molecule has 4 saturated carbocycles. The normalized spacial score (nSPS) is 24.2. The Morgan fingerprint density at radius 3 is 2.20 bits per heavy atom. The summed E-state index contributed by atoms with van der Waals surface area (Å²) in [4.78, 5) is 20.4. The summed E-state index contributed by atoms with van der Waals surface area (Å²) in [5.74, 6) is 0.642. The van der Waals surface area contributed by atoms with Gasteiger partial charge in [0.2, 0.25) is 0 Å². The molecule has 0 aliphatic heterocycles. The summed E-state index contributed by atoms with van der Waals surface area (Å²) in [5.41, 5.74) is 0.105. The van der Waals surface area contributed by atoms with E-state index in [1.807, 2.05) is 47.4 Å². The summed E-state index contributed by atoms with van der Waals surface area (Å²) in [5, 5.41) is 28.7. The number of amides is 2. The molecule has 1 aromatic heterocycles. The lowest BCUT2D eigenvalue weighted by Crippen LogP contribution is -2.53. The van der Waals surface area contributed by atoms with Crippen molar-refractivity contribution in [1.82, 2.24) is 15.5 Å². The Kier molecular flexibility index (Phi) is 8.55. The highest BCUT2D eigenvalue weighted by Gasteiger charge is 2.53.